The zero-order chi connectivity index (χ0) is 17.1. The molecule has 2 atom stereocenters. The first-order valence-corrected chi connectivity index (χ1v) is 10.6. The Morgan fingerprint density at radius 1 is 1.23 bits per heavy atom. The van der Waals surface area contributed by atoms with Crippen molar-refractivity contribution in [2.75, 3.05) is 7.11 Å². The van der Waals surface area contributed by atoms with Gasteiger partial charge in [-0.25, -0.2) is 0 Å². The first-order valence-electron chi connectivity index (χ1n) is 7.71. The van der Waals surface area contributed by atoms with Gasteiger partial charge in [0.2, 0.25) is 0 Å². The third kappa shape index (κ3) is 4.14. The van der Waals surface area contributed by atoms with Gasteiger partial charge in [0.05, 0.1) is 13.2 Å². The summed E-state index contributed by atoms with van der Waals surface area (Å²) in [4.78, 5) is 0. The molecular weight excluding hydrogens is 292 g/mol. The summed E-state index contributed by atoms with van der Waals surface area (Å²) < 4.78 is 11.8. The molecule has 0 fully saturated rings. The van der Waals surface area contributed by atoms with Gasteiger partial charge < -0.3 is 14.3 Å². The highest BCUT2D eigenvalue weighted by Crippen LogP contribution is 2.41. The van der Waals surface area contributed by atoms with E-state index in [1.165, 1.54) is 0 Å². The fourth-order valence-corrected chi connectivity index (χ4v) is 2.84. The van der Waals surface area contributed by atoms with Crippen LogP contribution in [0.1, 0.15) is 39.4 Å². The first kappa shape index (κ1) is 18.8. The number of rotatable bonds is 6. The van der Waals surface area contributed by atoms with Crippen molar-refractivity contribution in [2.45, 2.75) is 51.9 Å². The monoisotopic (exact) mass is 322 g/mol. The van der Waals surface area contributed by atoms with Gasteiger partial charge in [-0.2, -0.15) is 0 Å². The zero-order valence-electron chi connectivity index (χ0n) is 14.9. The van der Waals surface area contributed by atoms with Crippen molar-refractivity contribution in [1.82, 2.24) is 0 Å². The Labute approximate surface area is 136 Å². The quantitative estimate of drug-likeness (QED) is 0.596. The highest BCUT2D eigenvalue weighted by molar-refractivity contribution is 6.74. The molecule has 1 aromatic carbocycles. The average molecular weight is 323 g/mol. The summed E-state index contributed by atoms with van der Waals surface area (Å²) in [5.41, 5.74) is 0.812. The van der Waals surface area contributed by atoms with E-state index in [4.69, 9.17) is 9.16 Å². The second-order valence-corrected chi connectivity index (χ2v) is 12.0. The maximum absolute atomic E-state index is 10.3. The predicted molar refractivity (Wildman–Crippen MR) is 95.1 cm³/mol. The van der Waals surface area contributed by atoms with Crippen molar-refractivity contribution >= 4 is 8.32 Å². The zero-order valence-corrected chi connectivity index (χ0v) is 15.9. The Morgan fingerprint density at radius 2 is 1.82 bits per heavy atom. The molecule has 0 radical (unpaired) electrons. The van der Waals surface area contributed by atoms with Gasteiger partial charge in [-0.05, 0) is 35.8 Å². The lowest BCUT2D eigenvalue weighted by Crippen LogP contribution is -2.43. The van der Waals surface area contributed by atoms with Crippen LogP contribution in [0.2, 0.25) is 18.1 Å². The Bertz CT molecular complexity index is 518. The number of benzene rings is 1. The topological polar surface area (TPSA) is 38.7 Å². The van der Waals surface area contributed by atoms with Crippen LogP contribution in [-0.2, 0) is 0 Å². The molecule has 0 aromatic heterocycles. The molecular formula is C18H30O3Si. The molecule has 0 saturated heterocycles. The summed E-state index contributed by atoms with van der Waals surface area (Å²) in [5, 5.41) is 10.4. The van der Waals surface area contributed by atoms with Gasteiger partial charge in [-0.3, -0.25) is 0 Å². The summed E-state index contributed by atoms with van der Waals surface area (Å²) in [6.45, 7) is 16.7. The van der Waals surface area contributed by atoms with E-state index in [0.717, 1.165) is 11.3 Å². The maximum Gasteiger partial charge on any atom is 0.250 e. The SMILES string of the molecule is C=C[C@H](C)[C@H](O)c1ccc(O[Si](C)(C)C(C)(C)C)c(OC)c1. The number of hydrogen-bond donors (Lipinski definition) is 1. The lowest BCUT2D eigenvalue weighted by molar-refractivity contribution is 0.139. The highest BCUT2D eigenvalue weighted by Gasteiger charge is 2.39. The standard InChI is InChI=1S/C18H30O3Si/c1-9-13(2)17(19)14-10-11-15(16(12-14)20-6)21-22(7,8)18(3,4)5/h9-13,17,19H,1H2,2-8H3/t13-,17-/m0/s1. The van der Waals surface area contributed by atoms with Crippen LogP contribution in [0.15, 0.2) is 30.9 Å². The third-order valence-electron chi connectivity index (χ3n) is 4.57. The number of aliphatic hydroxyl groups is 1. The molecule has 4 heteroatoms. The molecule has 1 aromatic rings. The molecule has 0 spiro atoms. The Balaban J connectivity index is 3.12. The van der Waals surface area contributed by atoms with Gasteiger partial charge in [-0.15, -0.1) is 6.58 Å². The molecule has 0 amide bonds. The molecule has 1 N–H and O–H groups in total. The normalized spacial score (nSPS) is 15.1. The van der Waals surface area contributed by atoms with Gasteiger partial charge in [0.25, 0.3) is 8.32 Å². The minimum Gasteiger partial charge on any atom is -0.541 e. The van der Waals surface area contributed by atoms with E-state index >= 15 is 0 Å². The van der Waals surface area contributed by atoms with Gasteiger partial charge in [0, 0.05) is 5.92 Å². The molecule has 22 heavy (non-hydrogen) atoms. The van der Waals surface area contributed by atoms with E-state index in [1.54, 1.807) is 13.2 Å². The number of ether oxygens (including phenoxy) is 1. The molecule has 0 saturated carbocycles. The van der Waals surface area contributed by atoms with Gasteiger partial charge in [0.15, 0.2) is 5.75 Å². The van der Waals surface area contributed by atoms with E-state index in [0.29, 0.717) is 5.75 Å². The van der Waals surface area contributed by atoms with Crippen LogP contribution < -0.4 is 9.16 Å². The van der Waals surface area contributed by atoms with Crippen molar-refractivity contribution in [3.8, 4) is 11.5 Å². The fourth-order valence-electron chi connectivity index (χ4n) is 1.81. The average Bonchev–Trinajstić information content (AvgIpc) is 2.44. The Morgan fingerprint density at radius 3 is 2.27 bits per heavy atom. The van der Waals surface area contributed by atoms with Gasteiger partial charge in [-0.1, -0.05) is 39.8 Å². The first-order chi connectivity index (χ1) is 10.0. The number of aliphatic hydroxyl groups excluding tert-OH is 1. The van der Waals surface area contributed by atoms with E-state index in [1.807, 2.05) is 25.1 Å². The van der Waals surface area contributed by atoms with Gasteiger partial charge >= 0.3 is 0 Å². The highest BCUT2D eigenvalue weighted by atomic mass is 28.4. The van der Waals surface area contributed by atoms with Crippen LogP contribution in [0.4, 0.5) is 0 Å². The van der Waals surface area contributed by atoms with Crippen molar-refractivity contribution in [2.24, 2.45) is 5.92 Å². The van der Waals surface area contributed by atoms with Crippen LogP contribution in [0, 0.1) is 5.92 Å². The molecule has 0 bridgehead atoms. The van der Waals surface area contributed by atoms with Crippen molar-refractivity contribution < 1.29 is 14.3 Å². The summed E-state index contributed by atoms with van der Waals surface area (Å²) in [6, 6.07) is 5.65. The van der Waals surface area contributed by atoms with E-state index in [2.05, 4.69) is 40.4 Å². The molecule has 0 aliphatic carbocycles. The van der Waals surface area contributed by atoms with E-state index in [9.17, 15) is 5.11 Å². The number of methoxy groups -OCH3 is 1. The van der Waals surface area contributed by atoms with E-state index < -0.39 is 14.4 Å². The second-order valence-electron chi connectivity index (χ2n) is 7.31. The molecule has 0 unspecified atom stereocenters. The van der Waals surface area contributed by atoms with Crippen LogP contribution >= 0.6 is 0 Å². The molecule has 1 rings (SSSR count). The maximum atomic E-state index is 10.3. The fraction of sp³-hybridized carbons (Fsp3) is 0.556. The van der Waals surface area contributed by atoms with Crippen LogP contribution in [-0.4, -0.2) is 20.5 Å². The predicted octanol–water partition coefficient (Wildman–Crippen LogP) is 4.93. The molecule has 0 aliphatic rings. The summed E-state index contributed by atoms with van der Waals surface area (Å²) in [7, 11) is -0.299. The second kappa shape index (κ2) is 6.88. The Kier molecular flexibility index (Phi) is 5.87. The lowest BCUT2D eigenvalue weighted by Gasteiger charge is -2.36. The van der Waals surface area contributed by atoms with Crippen LogP contribution in [0.25, 0.3) is 0 Å². The third-order valence-corrected chi connectivity index (χ3v) is 8.91. The summed E-state index contributed by atoms with van der Waals surface area (Å²) in [6.07, 6.45) is 1.16. The summed E-state index contributed by atoms with van der Waals surface area (Å²) >= 11 is 0. The molecule has 3 nitrogen and oxygen atoms in total. The van der Waals surface area contributed by atoms with Crippen LogP contribution in [0.5, 0.6) is 11.5 Å². The van der Waals surface area contributed by atoms with Crippen LogP contribution in [0.3, 0.4) is 0 Å². The number of hydrogen-bond acceptors (Lipinski definition) is 3. The van der Waals surface area contributed by atoms with Crippen molar-refractivity contribution in [3.05, 3.63) is 36.4 Å². The molecule has 0 aliphatic heterocycles. The largest absolute Gasteiger partial charge is 0.541 e. The summed E-state index contributed by atoms with van der Waals surface area (Å²) in [5.74, 6) is 1.39. The minimum atomic E-state index is -1.93. The molecule has 124 valence electrons. The smallest absolute Gasteiger partial charge is 0.250 e. The lowest BCUT2D eigenvalue weighted by atomic mass is 9.97. The van der Waals surface area contributed by atoms with E-state index in [-0.39, 0.29) is 11.0 Å². The minimum absolute atomic E-state index is 0.0168. The van der Waals surface area contributed by atoms with Crippen molar-refractivity contribution in [1.29, 1.82) is 0 Å². The van der Waals surface area contributed by atoms with Gasteiger partial charge in [0.1, 0.15) is 5.75 Å². The molecule has 0 heterocycles. The van der Waals surface area contributed by atoms with Crippen molar-refractivity contribution in [3.63, 3.8) is 0 Å². The Hall–Kier alpha value is -1.26.